The molecule has 1 aliphatic rings. The Hall–Kier alpha value is -0.127. The SMILES string of the molecule is C1=CC[C]([Zr+][c]2ccccc2)=C1.[Cl-]. The Balaban J connectivity index is 0.000000845. The van der Waals surface area contributed by atoms with Gasteiger partial charge in [-0.25, -0.2) is 0 Å². The van der Waals surface area contributed by atoms with Crippen LogP contribution in [0.1, 0.15) is 6.42 Å². The van der Waals surface area contributed by atoms with Gasteiger partial charge in [0.15, 0.2) is 0 Å². The summed E-state index contributed by atoms with van der Waals surface area (Å²) in [6.45, 7) is 0. The Morgan fingerprint density at radius 2 is 1.85 bits per heavy atom. The summed E-state index contributed by atoms with van der Waals surface area (Å²) in [5.41, 5.74) is 0. The van der Waals surface area contributed by atoms with E-state index >= 15 is 0 Å². The molecule has 0 N–H and O–H groups in total. The van der Waals surface area contributed by atoms with Crippen LogP contribution in [0.2, 0.25) is 0 Å². The average Bonchev–Trinajstić information content (AvgIpc) is 2.59. The van der Waals surface area contributed by atoms with E-state index in [0.29, 0.717) is 0 Å². The van der Waals surface area contributed by atoms with Crippen molar-refractivity contribution in [2.75, 3.05) is 0 Å². The summed E-state index contributed by atoms with van der Waals surface area (Å²) in [7, 11) is 0. The molecule has 0 radical (unpaired) electrons. The third-order valence-corrected chi connectivity index (χ3v) is 5.08. The van der Waals surface area contributed by atoms with Crippen molar-refractivity contribution in [1.29, 1.82) is 0 Å². The van der Waals surface area contributed by atoms with Crippen LogP contribution in [0.4, 0.5) is 0 Å². The van der Waals surface area contributed by atoms with E-state index in [9.17, 15) is 0 Å². The summed E-state index contributed by atoms with van der Waals surface area (Å²) in [6, 6.07) is 10.9. The normalized spacial score (nSPS) is 13.1. The molecule has 1 aromatic carbocycles. The second-order valence-corrected chi connectivity index (χ2v) is 6.43. The summed E-state index contributed by atoms with van der Waals surface area (Å²) in [5, 5.41) is 0. The van der Waals surface area contributed by atoms with E-state index in [4.69, 9.17) is 0 Å². The van der Waals surface area contributed by atoms with Crippen LogP contribution < -0.4 is 15.7 Å². The van der Waals surface area contributed by atoms with Crippen LogP contribution in [0.3, 0.4) is 0 Å². The first-order valence-electron chi connectivity index (χ1n) is 4.13. The van der Waals surface area contributed by atoms with Gasteiger partial charge >= 0.3 is 84.8 Å². The van der Waals surface area contributed by atoms with Gasteiger partial charge in [-0.3, -0.25) is 0 Å². The van der Waals surface area contributed by atoms with Crippen LogP contribution in [0.15, 0.2) is 51.8 Å². The smallest absolute Gasteiger partial charge is 1.00 e. The van der Waals surface area contributed by atoms with Gasteiger partial charge in [0.05, 0.1) is 0 Å². The third kappa shape index (κ3) is 3.25. The molecule has 0 saturated heterocycles. The van der Waals surface area contributed by atoms with Crippen molar-refractivity contribution < 1.29 is 35.6 Å². The molecule has 0 bridgehead atoms. The van der Waals surface area contributed by atoms with Crippen LogP contribution >= 0.6 is 0 Å². The predicted molar refractivity (Wildman–Crippen MR) is 47.9 cm³/mol. The Bertz CT molecular complexity index is 314. The molecule has 0 aliphatic heterocycles. The summed E-state index contributed by atoms with van der Waals surface area (Å²) in [6.07, 6.45) is 7.93. The fraction of sp³-hybridized carbons (Fsp3) is 0.0909. The van der Waals surface area contributed by atoms with Crippen LogP contribution in [0.25, 0.3) is 0 Å². The minimum atomic E-state index is -0.414. The summed E-state index contributed by atoms with van der Waals surface area (Å²) < 4.78 is 3.26. The molecule has 1 aliphatic carbocycles. The molecule has 2 heteroatoms. The summed E-state index contributed by atoms with van der Waals surface area (Å²) >= 11 is -0.414. The topological polar surface area (TPSA) is 0 Å². The van der Waals surface area contributed by atoms with Crippen LogP contribution in [0, 0.1) is 0 Å². The molecule has 0 amide bonds. The van der Waals surface area contributed by atoms with Gasteiger partial charge < -0.3 is 12.4 Å². The maximum atomic E-state index is 2.29. The Morgan fingerprint density at radius 1 is 1.08 bits per heavy atom. The van der Waals surface area contributed by atoms with Gasteiger partial charge in [-0.1, -0.05) is 0 Å². The first kappa shape index (κ1) is 11.0. The summed E-state index contributed by atoms with van der Waals surface area (Å²) in [5.74, 6) is 0. The second kappa shape index (κ2) is 5.57. The molecule has 0 unspecified atom stereocenters. The quantitative estimate of drug-likeness (QED) is 0.662. The Morgan fingerprint density at radius 3 is 2.46 bits per heavy atom. The molecule has 13 heavy (non-hydrogen) atoms. The maximum Gasteiger partial charge on any atom is -1.00 e. The molecule has 0 spiro atoms. The number of hydrogen-bond donors (Lipinski definition) is 0. The fourth-order valence-corrected chi connectivity index (χ4v) is 4.02. The second-order valence-electron chi connectivity index (χ2n) is 2.82. The van der Waals surface area contributed by atoms with Gasteiger partial charge in [0.2, 0.25) is 0 Å². The van der Waals surface area contributed by atoms with Crippen LogP contribution in [0.5, 0.6) is 0 Å². The van der Waals surface area contributed by atoms with Gasteiger partial charge in [-0.2, -0.15) is 0 Å². The Labute approximate surface area is 96.7 Å². The number of rotatable bonds is 2. The van der Waals surface area contributed by atoms with E-state index in [1.165, 1.54) is 6.42 Å². The zero-order valence-electron chi connectivity index (χ0n) is 7.20. The molecule has 1 aromatic rings. The van der Waals surface area contributed by atoms with E-state index < -0.39 is 23.2 Å². The fourth-order valence-electron chi connectivity index (χ4n) is 1.25. The van der Waals surface area contributed by atoms with Crippen molar-refractivity contribution in [2.24, 2.45) is 0 Å². The minimum absolute atomic E-state index is 0. The zero-order valence-corrected chi connectivity index (χ0v) is 10.4. The standard InChI is InChI=1S/C6H5.C5H5.ClH.Zr/c1-2-4-6-5-3-1;1-2-4-5-3-1;;/h1-5H;1-3H,4H2;1H;/q;;;+1/p-1. The molecule has 65 valence electrons. The number of halogens is 1. The number of allylic oxidation sites excluding steroid dienone is 4. The van der Waals surface area contributed by atoms with E-state index in [1.54, 1.807) is 6.55 Å². The molecule has 0 atom stereocenters. The molecule has 0 saturated carbocycles. The first-order chi connectivity index (χ1) is 5.95. The van der Waals surface area contributed by atoms with Crippen molar-refractivity contribution in [3.63, 3.8) is 0 Å². The van der Waals surface area contributed by atoms with Crippen molar-refractivity contribution >= 4 is 3.27 Å². The third-order valence-electron chi connectivity index (χ3n) is 1.85. The monoisotopic (exact) mass is 267 g/mol. The van der Waals surface area contributed by atoms with E-state index in [-0.39, 0.29) is 12.4 Å². The van der Waals surface area contributed by atoms with Gasteiger partial charge in [0.1, 0.15) is 0 Å². The van der Waals surface area contributed by atoms with Gasteiger partial charge in [0.25, 0.3) is 0 Å². The Kier molecular flexibility index (Phi) is 4.69. The first-order valence-corrected chi connectivity index (χ1v) is 6.59. The molecular weight excluding hydrogens is 259 g/mol. The van der Waals surface area contributed by atoms with Gasteiger partial charge in [-0.15, -0.1) is 0 Å². The zero-order chi connectivity index (χ0) is 8.23. The number of hydrogen-bond acceptors (Lipinski definition) is 0. The van der Waals surface area contributed by atoms with E-state index in [0.717, 1.165) is 0 Å². The molecule has 0 fully saturated rings. The molecule has 0 aromatic heterocycles. The molecular formula is C11H10ClZr. The molecule has 0 heterocycles. The average molecular weight is 269 g/mol. The summed E-state index contributed by atoms with van der Waals surface area (Å²) in [4.78, 5) is 0. The van der Waals surface area contributed by atoms with Crippen molar-refractivity contribution in [2.45, 2.75) is 6.42 Å². The predicted octanol–water partition coefficient (Wildman–Crippen LogP) is -0.758. The van der Waals surface area contributed by atoms with Crippen LogP contribution in [-0.4, -0.2) is 0 Å². The van der Waals surface area contributed by atoms with Crippen molar-refractivity contribution in [1.82, 2.24) is 0 Å². The molecule has 0 nitrogen and oxygen atoms in total. The van der Waals surface area contributed by atoms with E-state index in [2.05, 4.69) is 48.6 Å². The van der Waals surface area contributed by atoms with Crippen LogP contribution in [-0.2, 0) is 23.2 Å². The van der Waals surface area contributed by atoms with Gasteiger partial charge in [-0.05, 0) is 0 Å². The van der Waals surface area contributed by atoms with Gasteiger partial charge in [0, 0.05) is 0 Å². The van der Waals surface area contributed by atoms with Crippen molar-refractivity contribution in [3.05, 3.63) is 51.8 Å². The maximum absolute atomic E-state index is 2.29. The minimum Gasteiger partial charge on any atom is -1.00 e. The van der Waals surface area contributed by atoms with Crippen molar-refractivity contribution in [3.8, 4) is 0 Å². The largest absolute Gasteiger partial charge is 1.00 e. The van der Waals surface area contributed by atoms with E-state index in [1.807, 2.05) is 0 Å². The number of benzene rings is 1. The molecule has 2 rings (SSSR count).